The maximum Gasteiger partial charge on any atom is 0.275 e. The number of benzene rings is 1. The molecule has 108 valence electrons. The number of rotatable bonds is 5. The van der Waals surface area contributed by atoms with Crippen molar-refractivity contribution in [3.8, 4) is 5.75 Å². The fraction of sp³-hybridized carbons (Fsp3) is 0.231. The molecule has 0 aliphatic carbocycles. The minimum atomic E-state index is -3.56. The van der Waals surface area contributed by atoms with Crippen LogP contribution in [0.5, 0.6) is 5.75 Å². The molecule has 0 amide bonds. The topological polar surface area (TPSA) is 59.8 Å². The van der Waals surface area contributed by atoms with E-state index in [0.717, 1.165) is 4.31 Å². The van der Waals surface area contributed by atoms with Crippen molar-refractivity contribution in [3.05, 3.63) is 47.2 Å². The third-order valence-electron chi connectivity index (χ3n) is 2.55. The fourth-order valence-corrected chi connectivity index (χ4v) is 2.46. The molecule has 20 heavy (non-hydrogen) atoms. The van der Waals surface area contributed by atoms with Crippen LogP contribution in [0.3, 0.4) is 0 Å². The van der Waals surface area contributed by atoms with Crippen LogP contribution >= 0.6 is 11.6 Å². The molecule has 0 saturated carbocycles. The number of nitrogens with zero attached hydrogens (tertiary/aromatic N) is 1. The van der Waals surface area contributed by atoms with E-state index >= 15 is 0 Å². The lowest BCUT2D eigenvalue weighted by atomic mass is 10.3. The predicted octanol–water partition coefficient (Wildman–Crippen LogP) is 2.76. The molecule has 1 aromatic heterocycles. The summed E-state index contributed by atoms with van der Waals surface area (Å²) in [6.45, 7) is 0.128. The molecule has 1 aromatic carbocycles. The molecule has 0 bridgehead atoms. The Labute approximate surface area is 122 Å². The third-order valence-corrected chi connectivity index (χ3v) is 4.47. The fourth-order valence-electron chi connectivity index (χ4n) is 1.47. The van der Waals surface area contributed by atoms with Gasteiger partial charge in [0.2, 0.25) is 5.09 Å². The number of halogens is 1. The summed E-state index contributed by atoms with van der Waals surface area (Å²) in [5, 5.41) is 0.463. The maximum absolute atomic E-state index is 11.8. The van der Waals surface area contributed by atoms with Gasteiger partial charge in [-0.1, -0.05) is 17.7 Å². The molecule has 0 saturated heterocycles. The van der Waals surface area contributed by atoms with Crippen molar-refractivity contribution in [2.24, 2.45) is 0 Å². The van der Waals surface area contributed by atoms with Crippen molar-refractivity contribution in [1.82, 2.24) is 4.31 Å². The Kier molecular flexibility index (Phi) is 4.37. The lowest BCUT2D eigenvalue weighted by Crippen LogP contribution is -2.21. The second kappa shape index (κ2) is 5.87. The SMILES string of the molecule is CN(C)S(=O)(=O)c1ccc(COc2cccc(Cl)c2)o1. The Hall–Kier alpha value is -1.50. The molecule has 5 nitrogen and oxygen atoms in total. The quantitative estimate of drug-likeness (QED) is 0.851. The molecule has 0 atom stereocenters. The Morgan fingerprint density at radius 2 is 2.00 bits per heavy atom. The van der Waals surface area contributed by atoms with E-state index in [4.69, 9.17) is 20.8 Å². The van der Waals surface area contributed by atoms with Crippen LogP contribution in [0.15, 0.2) is 45.9 Å². The minimum Gasteiger partial charge on any atom is -0.486 e. The highest BCUT2D eigenvalue weighted by molar-refractivity contribution is 7.88. The number of hydrogen-bond donors (Lipinski definition) is 0. The second-order valence-corrected chi connectivity index (χ2v) is 6.77. The first-order chi connectivity index (χ1) is 9.39. The van der Waals surface area contributed by atoms with Crippen molar-refractivity contribution in [2.75, 3.05) is 14.1 Å². The summed E-state index contributed by atoms with van der Waals surface area (Å²) in [5.41, 5.74) is 0. The summed E-state index contributed by atoms with van der Waals surface area (Å²) in [5.74, 6) is 1.01. The molecule has 0 spiro atoms. The summed E-state index contributed by atoms with van der Waals surface area (Å²) >= 11 is 5.84. The highest BCUT2D eigenvalue weighted by Crippen LogP contribution is 2.21. The summed E-state index contributed by atoms with van der Waals surface area (Å²) in [6, 6.07) is 9.91. The first kappa shape index (κ1) is 14.9. The van der Waals surface area contributed by atoms with E-state index in [0.29, 0.717) is 16.5 Å². The van der Waals surface area contributed by atoms with Crippen LogP contribution in [0, 0.1) is 0 Å². The zero-order valence-electron chi connectivity index (χ0n) is 11.0. The molecule has 7 heteroatoms. The Morgan fingerprint density at radius 1 is 1.25 bits per heavy atom. The van der Waals surface area contributed by atoms with Gasteiger partial charge >= 0.3 is 0 Å². The number of furan rings is 1. The van der Waals surface area contributed by atoms with Crippen LogP contribution in [0.4, 0.5) is 0 Å². The van der Waals surface area contributed by atoms with Crippen LogP contribution in [-0.2, 0) is 16.6 Å². The van der Waals surface area contributed by atoms with Crippen molar-refractivity contribution < 1.29 is 17.6 Å². The standard InChI is InChI=1S/C13H14ClNO4S/c1-15(2)20(16,17)13-7-6-12(19-13)9-18-11-5-3-4-10(14)8-11/h3-8H,9H2,1-2H3. The van der Waals surface area contributed by atoms with E-state index in [1.807, 2.05) is 0 Å². The maximum atomic E-state index is 11.8. The summed E-state index contributed by atoms with van der Waals surface area (Å²) in [6.07, 6.45) is 0. The van der Waals surface area contributed by atoms with E-state index in [2.05, 4.69) is 0 Å². The zero-order valence-corrected chi connectivity index (χ0v) is 12.6. The third kappa shape index (κ3) is 3.33. The van der Waals surface area contributed by atoms with Gasteiger partial charge in [-0.2, -0.15) is 0 Å². The molecular weight excluding hydrogens is 302 g/mol. The van der Waals surface area contributed by atoms with Gasteiger partial charge in [0.1, 0.15) is 18.1 Å². The average Bonchev–Trinajstić information content (AvgIpc) is 2.85. The average molecular weight is 316 g/mol. The molecule has 0 unspecified atom stereocenters. The predicted molar refractivity (Wildman–Crippen MR) is 75.4 cm³/mol. The molecule has 0 aliphatic rings. The first-order valence-corrected chi connectivity index (χ1v) is 7.61. The van der Waals surface area contributed by atoms with Crippen molar-refractivity contribution in [3.63, 3.8) is 0 Å². The lowest BCUT2D eigenvalue weighted by molar-refractivity contribution is 0.256. The Balaban J connectivity index is 2.07. The first-order valence-electron chi connectivity index (χ1n) is 5.79. The normalized spacial score (nSPS) is 11.8. The van der Waals surface area contributed by atoms with Gasteiger partial charge in [-0.3, -0.25) is 0 Å². The van der Waals surface area contributed by atoms with E-state index in [1.54, 1.807) is 30.3 Å². The molecule has 0 N–H and O–H groups in total. The molecule has 2 rings (SSSR count). The molecular formula is C13H14ClNO4S. The molecule has 0 fully saturated rings. The van der Waals surface area contributed by atoms with Crippen LogP contribution in [0.25, 0.3) is 0 Å². The molecule has 0 aliphatic heterocycles. The van der Waals surface area contributed by atoms with Gasteiger partial charge in [-0.25, -0.2) is 12.7 Å². The Bertz CT molecular complexity index is 694. The van der Waals surface area contributed by atoms with Gasteiger partial charge in [0.05, 0.1) is 0 Å². The van der Waals surface area contributed by atoms with E-state index < -0.39 is 10.0 Å². The smallest absolute Gasteiger partial charge is 0.275 e. The van der Waals surface area contributed by atoms with E-state index in [-0.39, 0.29) is 11.7 Å². The Morgan fingerprint density at radius 3 is 2.65 bits per heavy atom. The molecule has 2 aromatic rings. The van der Waals surface area contributed by atoms with Gasteiger partial charge < -0.3 is 9.15 Å². The van der Waals surface area contributed by atoms with Gasteiger partial charge in [0, 0.05) is 19.1 Å². The molecule has 0 radical (unpaired) electrons. The summed E-state index contributed by atoms with van der Waals surface area (Å²) < 4.78 is 35.5. The van der Waals surface area contributed by atoms with E-state index in [9.17, 15) is 8.42 Å². The summed E-state index contributed by atoms with van der Waals surface area (Å²) in [7, 11) is -0.667. The van der Waals surface area contributed by atoms with Crippen LogP contribution in [0.2, 0.25) is 5.02 Å². The van der Waals surface area contributed by atoms with Crippen molar-refractivity contribution in [1.29, 1.82) is 0 Å². The van der Waals surface area contributed by atoms with Crippen LogP contribution in [0.1, 0.15) is 5.76 Å². The highest BCUT2D eigenvalue weighted by Gasteiger charge is 2.21. The monoisotopic (exact) mass is 315 g/mol. The van der Waals surface area contributed by atoms with Crippen LogP contribution < -0.4 is 4.74 Å². The van der Waals surface area contributed by atoms with Crippen LogP contribution in [-0.4, -0.2) is 26.8 Å². The van der Waals surface area contributed by atoms with Gasteiger partial charge in [0.15, 0.2) is 0 Å². The van der Waals surface area contributed by atoms with Gasteiger partial charge in [0.25, 0.3) is 10.0 Å². The highest BCUT2D eigenvalue weighted by atomic mass is 35.5. The largest absolute Gasteiger partial charge is 0.486 e. The number of hydrogen-bond acceptors (Lipinski definition) is 4. The van der Waals surface area contributed by atoms with Gasteiger partial charge in [-0.05, 0) is 30.3 Å². The van der Waals surface area contributed by atoms with Crippen molar-refractivity contribution >= 4 is 21.6 Å². The zero-order chi connectivity index (χ0) is 14.8. The summed E-state index contributed by atoms with van der Waals surface area (Å²) in [4.78, 5) is 0. The molecule has 1 heterocycles. The van der Waals surface area contributed by atoms with E-state index in [1.165, 1.54) is 20.2 Å². The van der Waals surface area contributed by atoms with Crippen molar-refractivity contribution in [2.45, 2.75) is 11.7 Å². The minimum absolute atomic E-state index is 0.104. The van der Waals surface area contributed by atoms with Gasteiger partial charge in [-0.15, -0.1) is 0 Å². The number of sulfonamides is 1. The lowest BCUT2D eigenvalue weighted by Gasteiger charge is -2.08. The number of ether oxygens (including phenoxy) is 1. The second-order valence-electron chi connectivity index (χ2n) is 4.25.